The van der Waals surface area contributed by atoms with E-state index in [4.69, 9.17) is 16.9 Å². The molecule has 0 N–H and O–H groups in total. The number of alkyl halides is 3. The Morgan fingerprint density at radius 2 is 2.00 bits per heavy atom. The number of rotatable bonds is 3. The molecule has 0 unspecified atom stereocenters. The van der Waals surface area contributed by atoms with Crippen molar-refractivity contribution >= 4 is 27.8 Å². The van der Waals surface area contributed by atoms with Crippen molar-refractivity contribution in [3.05, 3.63) is 34.9 Å². The van der Waals surface area contributed by atoms with Crippen LogP contribution in [0.3, 0.4) is 0 Å². The van der Waals surface area contributed by atoms with E-state index in [1.54, 1.807) is 6.07 Å². The molecule has 0 aliphatic rings. The molecule has 0 fully saturated rings. The highest BCUT2D eigenvalue weighted by atomic mass is 35.5. The number of benzene rings is 1. The molecule has 1 aromatic rings. The molecule has 0 bridgehead atoms. The van der Waals surface area contributed by atoms with Gasteiger partial charge in [-0.2, -0.15) is 26.9 Å². The zero-order valence-corrected chi connectivity index (χ0v) is 10.6. The van der Waals surface area contributed by atoms with Gasteiger partial charge < -0.3 is 4.18 Å². The average Bonchev–Trinajstić information content (AvgIpc) is 2.28. The lowest BCUT2D eigenvalue weighted by Crippen LogP contribution is -2.28. The highest BCUT2D eigenvalue weighted by Gasteiger charge is 2.48. The van der Waals surface area contributed by atoms with Crippen LogP contribution < -0.4 is 4.18 Å². The molecule has 0 saturated heterocycles. The molecule has 1 aromatic carbocycles. The van der Waals surface area contributed by atoms with Crippen molar-refractivity contribution in [1.82, 2.24) is 0 Å². The van der Waals surface area contributed by atoms with Crippen LogP contribution in [0.2, 0.25) is 5.02 Å². The second kappa shape index (κ2) is 5.50. The molecule has 0 atom stereocenters. The molecular weight excluding hydrogens is 307 g/mol. The van der Waals surface area contributed by atoms with Crippen LogP contribution in [0.25, 0.3) is 6.08 Å². The Hall–Kier alpha value is -1.72. The largest absolute Gasteiger partial charge is 0.534 e. The van der Waals surface area contributed by atoms with Crippen molar-refractivity contribution in [2.45, 2.75) is 5.51 Å². The van der Waals surface area contributed by atoms with E-state index in [1.165, 1.54) is 12.1 Å². The van der Waals surface area contributed by atoms with E-state index < -0.39 is 21.4 Å². The second-order valence-electron chi connectivity index (χ2n) is 3.14. The van der Waals surface area contributed by atoms with Gasteiger partial charge in [0.25, 0.3) is 0 Å². The number of nitriles is 1. The SMILES string of the molecule is N#C/C=C/c1ccc(OS(=O)(=O)C(F)(F)F)c(Cl)c1. The first-order valence-corrected chi connectivity index (χ1v) is 6.32. The maximum Gasteiger partial charge on any atom is 0.534 e. The summed E-state index contributed by atoms with van der Waals surface area (Å²) in [6, 6.07) is 5.08. The van der Waals surface area contributed by atoms with E-state index in [-0.39, 0.29) is 5.02 Å². The quantitative estimate of drug-likeness (QED) is 0.489. The molecular formula is C10H5ClF3NO3S. The topological polar surface area (TPSA) is 67.2 Å². The van der Waals surface area contributed by atoms with Gasteiger partial charge in [-0.25, -0.2) is 0 Å². The monoisotopic (exact) mass is 311 g/mol. The number of nitrogens with zero attached hydrogens (tertiary/aromatic N) is 1. The Labute approximate surface area is 111 Å². The fourth-order valence-electron chi connectivity index (χ4n) is 0.987. The maximum absolute atomic E-state index is 12.1. The lowest BCUT2D eigenvalue weighted by Gasteiger charge is -2.10. The normalized spacial score (nSPS) is 12.4. The predicted octanol–water partition coefficient (Wildman–Crippen LogP) is 3.11. The third kappa shape index (κ3) is 3.87. The molecule has 0 aliphatic carbocycles. The Bertz CT molecular complexity index is 647. The molecule has 0 saturated carbocycles. The molecule has 0 radical (unpaired) electrons. The van der Waals surface area contributed by atoms with Crippen LogP contribution in [0.15, 0.2) is 24.3 Å². The molecule has 19 heavy (non-hydrogen) atoms. The average molecular weight is 312 g/mol. The van der Waals surface area contributed by atoms with Gasteiger partial charge in [0.1, 0.15) is 0 Å². The van der Waals surface area contributed by atoms with Crippen molar-refractivity contribution in [2.75, 3.05) is 0 Å². The number of hydrogen-bond acceptors (Lipinski definition) is 4. The molecule has 0 aliphatic heterocycles. The zero-order chi connectivity index (χ0) is 14.7. The summed E-state index contributed by atoms with van der Waals surface area (Å²) in [7, 11) is -5.76. The van der Waals surface area contributed by atoms with Gasteiger partial charge in [-0.05, 0) is 23.8 Å². The van der Waals surface area contributed by atoms with Gasteiger partial charge in [0.05, 0.1) is 11.1 Å². The van der Waals surface area contributed by atoms with Gasteiger partial charge in [-0.1, -0.05) is 17.7 Å². The van der Waals surface area contributed by atoms with E-state index >= 15 is 0 Å². The fourth-order valence-corrected chi connectivity index (χ4v) is 1.74. The maximum atomic E-state index is 12.1. The Morgan fingerprint density at radius 3 is 2.47 bits per heavy atom. The van der Waals surface area contributed by atoms with Crippen LogP contribution in [-0.4, -0.2) is 13.9 Å². The van der Waals surface area contributed by atoms with Crippen LogP contribution in [0.1, 0.15) is 5.56 Å². The minimum atomic E-state index is -5.76. The minimum absolute atomic E-state index is 0.326. The van der Waals surface area contributed by atoms with Gasteiger partial charge in [0, 0.05) is 6.08 Å². The van der Waals surface area contributed by atoms with Crippen LogP contribution in [0.5, 0.6) is 5.75 Å². The number of allylic oxidation sites excluding steroid dienone is 1. The second-order valence-corrected chi connectivity index (χ2v) is 5.08. The predicted molar refractivity (Wildman–Crippen MR) is 61.7 cm³/mol. The third-order valence-electron chi connectivity index (χ3n) is 1.79. The van der Waals surface area contributed by atoms with E-state index in [9.17, 15) is 21.6 Å². The molecule has 0 aromatic heterocycles. The van der Waals surface area contributed by atoms with Gasteiger partial charge in [-0.15, -0.1) is 0 Å². The van der Waals surface area contributed by atoms with Crippen LogP contribution in [-0.2, 0) is 10.1 Å². The lowest BCUT2D eigenvalue weighted by molar-refractivity contribution is -0.0500. The summed E-state index contributed by atoms with van der Waals surface area (Å²) in [6.07, 6.45) is 2.46. The standard InChI is InChI=1S/C10H5ClF3NO3S/c11-8-6-7(2-1-5-15)3-4-9(8)18-19(16,17)10(12,13)14/h1-4,6H/b2-1+. The van der Waals surface area contributed by atoms with E-state index in [2.05, 4.69) is 4.18 Å². The van der Waals surface area contributed by atoms with Crippen molar-refractivity contribution in [2.24, 2.45) is 0 Å². The number of hydrogen-bond donors (Lipinski definition) is 0. The summed E-state index contributed by atoms with van der Waals surface area (Å²) < 4.78 is 61.7. The van der Waals surface area contributed by atoms with Crippen molar-refractivity contribution < 1.29 is 25.8 Å². The molecule has 0 amide bonds. The fraction of sp³-hybridized carbons (Fsp3) is 0.100. The molecule has 102 valence electrons. The first-order valence-electron chi connectivity index (χ1n) is 4.54. The van der Waals surface area contributed by atoms with E-state index in [1.807, 2.05) is 0 Å². The van der Waals surface area contributed by atoms with Crippen LogP contribution >= 0.6 is 11.6 Å². The van der Waals surface area contributed by atoms with Crippen molar-refractivity contribution in [3.63, 3.8) is 0 Å². The Morgan fingerprint density at radius 1 is 1.37 bits per heavy atom. The highest BCUT2D eigenvalue weighted by Crippen LogP contribution is 2.32. The molecule has 1 rings (SSSR count). The summed E-state index contributed by atoms with van der Waals surface area (Å²) in [6.45, 7) is 0. The van der Waals surface area contributed by atoms with E-state index in [0.29, 0.717) is 5.56 Å². The van der Waals surface area contributed by atoms with Crippen LogP contribution in [0, 0.1) is 11.3 Å². The number of halogens is 4. The Balaban J connectivity index is 3.06. The molecule has 4 nitrogen and oxygen atoms in total. The summed E-state index contributed by atoms with van der Waals surface area (Å²) in [5.74, 6) is -0.645. The van der Waals surface area contributed by atoms with E-state index in [0.717, 1.165) is 18.2 Å². The summed E-state index contributed by atoms with van der Waals surface area (Å²) in [5.41, 5.74) is -5.13. The van der Waals surface area contributed by atoms with Gasteiger partial charge in [-0.3, -0.25) is 0 Å². The summed E-state index contributed by atoms with van der Waals surface area (Å²) in [4.78, 5) is 0. The van der Waals surface area contributed by atoms with Crippen molar-refractivity contribution in [3.8, 4) is 11.8 Å². The minimum Gasteiger partial charge on any atom is -0.374 e. The molecule has 9 heteroatoms. The van der Waals surface area contributed by atoms with Gasteiger partial charge in [0.2, 0.25) is 0 Å². The van der Waals surface area contributed by atoms with Gasteiger partial charge in [0.15, 0.2) is 5.75 Å². The first-order chi connectivity index (χ1) is 8.67. The lowest BCUT2D eigenvalue weighted by atomic mass is 10.2. The van der Waals surface area contributed by atoms with Gasteiger partial charge >= 0.3 is 15.6 Å². The molecule has 0 heterocycles. The highest BCUT2D eigenvalue weighted by molar-refractivity contribution is 7.88. The van der Waals surface area contributed by atoms with Crippen molar-refractivity contribution in [1.29, 1.82) is 5.26 Å². The molecule has 0 spiro atoms. The first kappa shape index (κ1) is 15.3. The summed E-state index contributed by atoms with van der Waals surface area (Å²) >= 11 is 5.59. The zero-order valence-electron chi connectivity index (χ0n) is 8.98. The Kier molecular flexibility index (Phi) is 4.44. The van der Waals surface area contributed by atoms with Crippen LogP contribution in [0.4, 0.5) is 13.2 Å². The third-order valence-corrected chi connectivity index (χ3v) is 3.05. The summed E-state index contributed by atoms with van der Waals surface area (Å²) in [5, 5.41) is 7.97. The smallest absolute Gasteiger partial charge is 0.374 e.